The van der Waals surface area contributed by atoms with Gasteiger partial charge in [-0.25, -0.2) is 9.97 Å². The largest absolute Gasteiger partial charge is 0.277 e. The van der Waals surface area contributed by atoms with Crippen LogP contribution in [0.15, 0.2) is 128 Å². The fourth-order valence-corrected chi connectivity index (χ4v) is 9.15. The Labute approximate surface area is 264 Å². The Hall–Kier alpha value is -5.50. The molecule has 5 aromatic heterocycles. The number of aromatic nitrogens is 5. The number of hydrogen-bond donors (Lipinski definition) is 0. The fourth-order valence-electron chi connectivity index (χ4n) is 6.60. The summed E-state index contributed by atoms with van der Waals surface area (Å²) >= 11 is 3.62. The number of para-hydroxylation sites is 1. The second-order valence-electron chi connectivity index (χ2n) is 11.1. The smallest absolute Gasteiger partial charge is 0.238 e. The van der Waals surface area contributed by atoms with E-state index in [1.165, 1.54) is 46.4 Å². The molecule has 0 spiro atoms. The molecule has 210 valence electrons. The molecule has 5 nitrogen and oxygen atoms in total. The van der Waals surface area contributed by atoms with E-state index in [9.17, 15) is 0 Å². The molecule has 10 rings (SSSR count). The standard InChI is InChI=1S/C38H21N5S2/c1-3-12-22(13-4-1)35-40-36(23-14-5-2-6-15-23)42-38(41-35)43-27-19-9-7-16-24(27)29-32(43)30-25-17-8-10-20-28(25)44-33(30)31-26-18-11-21-39-37(26)45-34(29)31/h1-21H. The Kier molecular flexibility index (Phi) is 5.25. The van der Waals surface area contributed by atoms with Crippen LogP contribution in [0.2, 0.25) is 0 Å². The van der Waals surface area contributed by atoms with Crippen LogP contribution in [0.1, 0.15) is 0 Å². The molecule has 10 aromatic rings. The highest BCUT2D eigenvalue weighted by molar-refractivity contribution is 7.30. The van der Waals surface area contributed by atoms with E-state index in [1.807, 2.05) is 60.0 Å². The second-order valence-corrected chi connectivity index (χ2v) is 13.1. The molecule has 7 heteroatoms. The topological polar surface area (TPSA) is 56.5 Å². The quantitative estimate of drug-likeness (QED) is 0.199. The maximum atomic E-state index is 5.20. The summed E-state index contributed by atoms with van der Waals surface area (Å²) in [6.45, 7) is 0. The van der Waals surface area contributed by atoms with Crippen molar-refractivity contribution in [3.63, 3.8) is 0 Å². The molecule has 0 saturated heterocycles. The maximum Gasteiger partial charge on any atom is 0.238 e. The first-order chi connectivity index (χ1) is 22.3. The van der Waals surface area contributed by atoms with Gasteiger partial charge in [0, 0.05) is 63.7 Å². The minimum atomic E-state index is 0.601. The van der Waals surface area contributed by atoms with E-state index in [1.54, 1.807) is 11.3 Å². The van der Waals surface area contributed by atoms with Crippen molar-refractivity contribution in [2.24, 2.45) is 0 Å². The van der Waals surface area contributed by atoms with Crippen LogP contribution in [0.4, 0.5) is 0 Å². The van der Waals surface area contributed by atoms with Gasteiger partial charge in [-0.3, -0.25) is 4.57 Å². The molecule has 0 N–H and O–H groups in total. The number of hydrogen-bond acceptors (Lipinski definition) is 6. The lowest BCUT2D eigenvalue weighted by Gasteiger charge is -2.11. The van der Waals surface area contributed by atoms with Crippen LogP contribution in [0, 0.1) is 0 Å². The van der Waals surface area contributed by atoms with Crippen LogP contribution in [0.25, 0.3) is 91.0 Å². The molecular weight excluding hydrogens is 591 g/mol. The molecule has 0 saturated carbocycles. The molecule has 0 radical (unpaired) electrons. The average molecular weight is 612 g/mol. The Balaban J connectivity index is 1.45. The molecule has 0 fully saturated rings. The van der Waals surface area contributed by atoms with Gasteiger partial charge in [-0.15, -0.1) is 22.7 Å². The first kappa shape index (κ1) is 24.9. The zero-order chi connectivity index (χ0) is 29.5. The number of pyridine rings is 1. The van der Waals surface area contributed by atoms with Gasteiger partial charge in [-0.1, -0.05) is 97.1 Å². The SMILES string of the molecule is c1ccc(-c2nc(-c3ccccc3)nc(-n3c4ccccc4c4c5sc6ncccc6c5c5sc6ccccc6c5c43)n2)cc1. The molecular formula is C38H21N5S2. The second kappa shape index (κ2) is 9.50. The minimum Gasteiger partial charge on any atom is -0.277 e. The summed E-state index contributed by atoms with van der Waals surface area (Å²) in [6, 6.07) is 41.9. The van der Waals surface area contributed by atoms with Gasteiger partial charge in [0.25, 0.3) is 0 Å². The highest BCUT2D eigenvalue weighted by Gasteiger charge is 2.26. The molecule has 0 atom stereocenters. The van der Waals surface area contributed by atoms with Crippen molar-refractivity contribution in [2.45, 2.75) is 0 Å². The number of fused-ring (bicyclic) bond motifs is 12. The molecule has 0 bridgehead atoms. The third kappa shape index (κ3) is 3.59. The third-order valence-corrected chi connectivity index (χ3v) is 10.8. The monoisotopic (exact) mass is 611 g/mol. The van der Waals surface area contributed by atoms with Gasteiger partial charge in [0.05, 0.1) is 11.0 Å². The summed E-state index contributed by atoms with van der Waals surface area (Å²) in [5.41, 5.74) is 4.07. The van der Waals surface area contributed by atoms with E-state index in [-0.39, 0.29) is 0 Å². The summed E-state index contributed by atoms with van der Waals surface area (Å²) in [4.78, 5) is 21.2. The Morgan fingerprint density at radius 1 is 0.489 bits per heavy atom. The zero-order valence-corrected chi connectivity index (χ0v) is 25.3. The summed E-state index contributed by atoms with van der Waals surface area (Å²) in [6.07, 6.45) is 1.89. The van der Waals surface area contributed by atoms with Crippen molar-refractivity contribution in [1.29, 1.82) is 0 Å². The Bertz CT molecular complexity index is 2670. The van der Waals surface area contributed by atoms with Crippen LogP contribution >= 0.6 is 22.7 Å². The van der Waals surface area contributed by atoms with E-state index in [0.717, 1.165) is 27.0 Å². The summed E-state index contributed by atoms with van der Waals surface area (Å²) in [5, 5.41) is 7.32. The predicted molar refractivity (Wildman–Crippen MR) is 189 cm³/mol. The number of rotatable bonds is 3. The normalized spacial score (nSPS) is 12.0. The maximum absolute atomic E-state index is 5.20. The Morgan fingerprint density at radius 3 is 1.84 bits per heavy atom. The molecule has 5 heterocycles. The van der Waals surface area contributed by atoms with Crippen molar-refractivity contribution in [2.75, 3.05) is 0 Å². The number of thiophene rings is 2. The Morgan fingerprint density at radius 2 is 1.09 bits per heavy atom. The molecule has 5 aromatic carbocycles. The highest BCUT2D eigenvalue weighted by Crippen LogP contribution is 2.51. The third-order valence-electron chi connectivity index (χ3n) is 8.51. The molecule has 0 aliphatic heterocycles. The molecule has 0 unspecified atom stereocenters. The van der Waals surface area contributed by atoms with E-state index in [4.69, 9.17) is 19.9 Å². The van der Waals surface area contributed by atoms with Gasteiger partial charge in [0.2, 0.25) is 5.95 Å². The first-order valence-electron chi connectivity index (χ1n) is 14.7. The van der Waals surface area contributed by atoms with Gasteiger partial charge < -0.3 is 0 Å². The van der Waals surface area contributed by atoms with Crippen LogP contribution < -0.4 is 0 Å². The van der Waals surface area contributed by atoms with Crippen molar-refractivity contribution in [3.8, 4) is 28.7 Å². The summed E-state index contributed by atoms with van der Waals surface area (Å²) in [7, 11) is 0. The van der Waals surface area contributed by atoms with Crippen molar-refractivity contribution in [3.05, 3.63) is 128 Å². The lowest BCUT2D eigenvalue weighted by Crippen LogP contribution is -2.06. The molecule has 0 aliphatic carbocycles. The van der Waals surface area contributed by atoms with Gasteiger partial charge in [0.1, 0.15) is 4.83 Å². The average Bonchev–Trinajstić information content (AvgIpc) is 3.78. The van der Waals surface area contributed by atoms with Crippen molar-refractivity contribution >= 4 is 85.0 Å². The van der Waals surface area contributed by atoms with Gasteiger partial charge >= 0.3 is 0 Å². The molecule has 45 heavy (non-hydrogen) atoms. The van der Waals surface area contributed by atoms with Crippen molar-refractivity contribution in [1.82, 2.24) is 24.5 Å². The van der Waals surface area contributed by atoms with Crippen LogP contribution in [-0.2, 0) is 0 Å². The summed E-state index contributed by atoms with van der Waals surface area (Å²) < 4.78 is 6.03. The van der Waals surface area contributed by atoms with Crippen LogP contribution in [0.5, 0.6) is 0 Å². The van der Waals surface area contributed by atoms with Crippen LogP contribution in [-0.4, -0.2) is 24.5 Å². The van der Waals surface area contributed by atoms with E-state index >= 15 is 0 Å². The van der Waals surface area contributed by atoms with E-state index in [2.05, 4.69) is 83.4 Å². The van der Waals surface area contributed by atoms with Gasteiger partial charge in [-0.2, -0.15) is 9.97 Å². The molecule has 0 aliphatic rings. The first-order valence-corrected chi connectivity index (χ1v) is 16.4. The lowest BCUT2D eigenvalue weighted by atomic mass is 10.0. The minimum absolute atomic E-state index is 0.601. The highest BCUT2D eigenvalue weighted by atomic mass is 32.1. The molecule has 0 amide bonds. The fraction of sp³-hybridized carbons (Fsp3) is 0. The van der Waals surface area contributed by atoms with Crippen molar-refractivity contribution < 1.29 is 0 Å². The van der Waals surface area contributed by atoms with E-state index < -0.39 is 0 Å². The lowest BCUT2D eigenvalue weighted by molar-refractivity contribution is 0.955. The zero-order valence-electron chi connectivity index (χ0n) is 23.7. The van der Waals surface area contributed by atoms with E-state index in [0.29, 0.717) is 17.6 Å². The number of nitrogens with zero attached hydrogens (tertiary/aromatic N) is 5. The van der Waals surface area contributed by atoms with Crippen LogP contribution in [0.3, 0.4) is 0 Å². The van der Waals surface area contributed by atoms with Gasteiger partial charge in [0.15, 0.2) is 11.6 Å². The number of benzene rings is 5. The predicted octanol–water partition coefficient (Wildman–Crippen LogP) is 10.4. The van der Waals surface area contributed by atoms with Gasteiger partial charge in [-0.05, 0) is 24.3 Å². The summed E-state index contributed by atoms with van der Waals surface area (Å²) in [5.74, 6) is 1.89.